The molecule has 0 unspecified atom stereocenters. The van der Waals surface area contributed by atoms with Gasteiger partial charge in [-0.2, -0.15) is 0 Å². The summed E-state index contributed by atoms with van der Waals surface area (Å²) in [5.74, 6) is -0.586. The molecular formula is C25H25N5O4. The van der Waals surface area contributed by atoms with Crippen LogP contribution >= 0.6 is 0 Å². The molecule has 1 aliphatic heterocycles. The second-order valence-corrected chi connectivity index (χ2v) is 8.28. The van der Waals surface area contributed by atoms with Crippen molar-refractivity contribution in [2.24, 2.45) is 5.73 Å². The molecule has 174 valence electrons. The van der Waals surface area contributed by atoms with Crippen LogP contribution in [0.5, 0.6) is 0 Å². The van der Waals surface area contributed by atoms with Crippen LogP contribution in [-0.4, -0.2) is 52.8 Å². The van der Waals surface area contributed by atoms with Gasteiger partial charge in [-0.3, -0.25) is 19.4 Å². The number of nitrogens with one attached hydrogen (secondary N) is 1. The molecule has 4 heterocycles. The zero-order valence-electron chi connectivity index (χ0n) is 18.6. The third kappa shape index (κ3) is 4.70. The van der Waals surface area contributed by atoms with Crippen LogP contribution in [0, 0.1) is 0 Å². The molecule has 0 saturated carbocycles. The zero-order chi connectivity index (χ0) is 23.5. The van der Waals surface area contributed by atoms with Gasteiger partial charge < -0.3 is 19.9 Å². The summed E-state index contributed by atoms with van der Waals surface area (Å²) in [6, 6.07) is 17.3. The molecule has 1 aliphatic rings. The molecule has 0 radical (unpaired) electrons. The van der Waals surface area contributed by atoms with Crippen LogP contribution in [0.25, 0.3) is 11.1 Å². The first kappa shape index (κ1) is 21.9. The second-order valence-electron chi connectivity index (χ2n) is 8.28. The molecule has 9 nitrogen and oxygen atoms in total. The fourth-order valence-electron chi connectivity index (χ4n) is 4.16. The number of nitrogens with zero attached hydrogens (tertiary/aromatic N) is 3. The maximum absolute atomic E-state index is 12.8. The van der Waals surface area contributed by atoms with Crippen LogP contribution in [0.1, 0.15) is 32.4 Å². The van der Waals surface area contributed by atoms with Gasteiger partial charge in [0.2, 0.25) is 11.5 Å². The summed E-state index contributed by atoms with van der Waals surface area (Å²) in [6.45, 7) is 5.36. The predicted molar refractivity (Wildman–Crippen MR) is 126 cm³/mol. The van der Waals surface area contributed by atoms with E-state index in [2.05, 4.69) is 44.4 Å². The van der Waals surface area contributed by atoms with Crippen LogP contribution in [0.15, 0.2) is 69.6 Å². The number of benzene rings is 1. The van der Waals surface area contributed by atoms with Gasteiger partial charge in [0.1, 0.15) is 11.4 Å². The highest BCUT2D eigenvalue weighted by atomic mass is 16.4. The number of pyridine rings is 1. The third-order valence-corrected chi connectivity index (χ3v) is 5.91. The van der Waals surface area contributed by atoms with Gasteiger partial charge in [0, 0.05) is 38.9 Å². The minimum absolute atomic E-state index is 0.145. The lowest BCUT2D eigenvalue weighted by Crippen LogP contribution is -2.45. The normalized spacial score (nSPS) is 14.9. The Kier molecular flexibility index (Phi) is 6.11. The molecule has 1 aromatic carbocycles. The Bertz CT molecular complexity index is 1310. The fourth-order valence-corrected chi connectivity index (χ4v) is 4.16. The van der Waals surface area contributed by atoms with E-state index in [9.17, 15) is 9.59 Å². The van der Waals surface area contributed by atoms with E-state index in [-0.39, 0.29) is 22.9 Å². The van der Waals surface area contributed by atoms with Gasteiger partial charge in [-0.15, -0.1) is 0 Å². The molecule has 5 rings (SSSR count). The lowest BCUT2D eigenvalue weighted by molar-refractivity contribution is 0.0976. The van der Waals surface area contributed by atoms with E-state index in [0.29, 0.717) is 17.7 Å². The van der Waals surface area contributed by atoms with Crippen LogP contribution in [0.3, 0.4) is 0 Å². The third-order valence-electron chi connectivity index (χ3n) is 5.91. The Morgan fingerprint density at radius 3 is 2.38 bits per heavy atom. The predicted octanol–water partition coefficient (Wildman–Crippen LogP) is 3.09. The highest BCUT2D eigenvalue weighted by Crippen LogP contribution is 2.30. The number of primary amides is 1. The number of hydrogen-bond acceptors (Lipinski definition) is 7. The minimum Gasteiger partial charge on any atom is -0.455 e. The van der Waals surface area contributed by atoms with Gasteiger partial charge in [0.15, 0.2) is 5.76 Å². The highest BCUT2D eigenvalue weighted by Gasteiger charge is 2.23. The number of nitrogens with two attached hydrogens (primary N) is 1. The molecule has 0 atom stereocenters. The smallest absolute Gasteiger partial charge is 0.291 e. The maximum Gasteiger partial charge on any atom is 0.291 e. The first-order valence-corrected chi connectivity index (χ1v) is 11.1. The molecule has 1 fully saturated rings. The van der Waals surface area contributed by atoms with E-state index in [1.807, 2.05) is 6.07 Å². The second kappa shape index (κ2) is 9.50. The van der Waals surface area contributed by atoms with Crippen molar-refractivity contribution in [1.29, 1.82) is 0 Å². The SMILES string of the molecule is NC(=O)c1oc2ncccc2c1NC(=O)c1ccc(CN2CCN(Cc3ccccc3)CC2)o1. The Balaban J connectivity index is 1.20. The van der Waals surface area contributed by atoms with Crippen molar-refractivity contribution < 1.29 is 18.4 Å². The average Bonchev–Trinajstić information content (AvgIpc) is 3.46. The Labute approximate surface area is 196 Å². The molecule has 2 amide bonds. The van der Waals surface area contributed by atoms with Crippen molar-refractivity contribution >= 4 is 28.6 Å². The van der Waals surface area contributed by atoms with Crippen LogP contribution in [0.4, 0.5) is 5.69 Å². The number of furan rings is 2. The first-order valence-electron chi connectivity index (χ1n) is 11.1. The van der Waals surface area contributed by atoms with Crippen molar-refractivity contribution in [2.45, 2.75) is 13.1 Å². The summed E-state index contributed by atoms with van der Waals surface area (Å²) in [6.07, 6.45) is 1.53. The van der Waals surface area contributed by atoms with Gasteiger partial charge in [-0.05, 0) is 29.8 Å². The van der Waals surface area contributed by atoms with Gasteiger partial charge in [-0.25, -0.2) is 4.98 Å². The van der Waals surface area contributed by atoms with E-state index in [1.54, 1.807) is 24.3 Å². The van der Waals surface area contributed by atoms with Gasteiger partial charge in [0.05, 0.1) is 11.9 Å². The van der Waals surface area contributed by atoms with Gasteiger partial charge in [-0.1, -0.05) is 30.3 Å². The minimum atomic E-state index is -0.792. The van der Waals surface area contributed by atoms with Crippen LogP contribution < -0.4 is 11.1 Å². The van der Waals surface area contributed by atoms with E-state index in [4.69, 9.17) is 14.6 Å². The fraction of sp³-hybridized carbons (Fsp3) is 0.240. The number of rotatable bonds is 7. The zero-order valence-corrected chi connectivity index (χ0v) is 18.6. The van der Waals surface area contributed by atoms with E-state index < -0.39 is 11.8 Å². The molecule has 34 heavy (non-hydrogen) atoms. The quantitative estimate of drug-likeness (QED) is 0.436. The van der Waals surface area contributed by atoms with Crippen molar-refractivity contribution in [3.8, 4) is 0 Å². The van der Waals surface area contributed by atoms with Crippen molar-refractivity contribution in [2.75, 3.05) is 31.5 Å². The summed E-state index contributed by atoms with van der Waals surface area (Å²) in [7, 11) is 0. The average molecular weight is 460 g/mol. The number of fused-ring (bicyclic) bond motifs is 1. The van der Waals surface area contributed by atoms with Crippen molar-refractivity contribution in [3.63, 3.8) is 0 Å². The molecule has 3 N–H and O–H groups in total. The molecule has 9 heteroatoms. The summed E-state index contributed by atoms with van der Waals surface area (Å²) in [5, 5.41) is 3.18. The van der Waals surface area contributed by atoms with Crippen molar-refractivity contribution in [3.05, 3.63) is 83.6 Å². The number of aromatic nitrogens is 1. The lowest BCUT2D eigenvalue weighted by atomic mass is 10.2. The van der Waals surface area contributed by atoms with E-state index in [1.165, 1.54) is 11.8 Å². The molecule has 0 aliphatic carbocycles. The number of amides is 2. The molecule has 3 aromatic heterocycles. The Hall–Kier alpha value is -3.95. The maximum atomic E-state index is 12.8. The number of carbonyl (C=O) groups excluding carboxylic acids is 2. The summed E-state index contributed by atoms with van der Waals surface area (Å²) in [4.78, 5) is 33.4. The number of hydrogen-bond donors (Lipinski definition) is 2. The number of piperazine rings is 1. The molecular weight excluding hydrogens is 434 g/mol. The Morgan fingerprint density at radius 2 is 1.65 bits per heavy atom. The highest BCUT2D eigenvalue weighted by molar-refractivity contribution is 6.12. The van der Waals surface area contributed by atoms with Gasteiger partial charge >= 0.3 is 0 Å². The lowest BCUT2D eigenvalue weighted by Gasteiger charge is -2.34. The van der Waals surface area contributed by atoms with Crippen LogP contribution in [-0.2, 0) is 13.1 Å². The van der Waals surface area contributed by atoms with Crippen LogP contribution in [0.2, 0.25) is 0 Å². The number of anilines is 1. The molecule has 0 bridgehead atoms. The topological polar surface area (TPSA) is 118 Å². The van der Waals surface area contributed by atoms with Crippen molar-refractivity contribution in [1.82, 2.24) is 14.8 Å². The summed E-state index contributed by atoms with van der Waals surface area (Å²) in [5.41, 5.74) is 7.14. The number of carbonyl (C=O) groups is 2. The monoisotopic (exact) mass is 459 g/mol. The Morgan fingerprint density at radius 1 is 0.912 bits per heavy atom. The van der Waals surface area contributed by atoms with E-state index in [0.717, 1.165) is 32.7 Å². The summed E-state index contributed by atoms with van der Waals surface area (Å²) >= 11 is 0. The molecule has 0 spiro atoms. The molecule has 4 aromatic rings. The standard InChI is InChI=1S/C25H25N5O4/c26-23(31)22-21(19-7-4-10-27-25(19)34-22)28-24(32)20-9-8-18(33-20)16-30-13-11-29(12-14-30)15-17-5-2-1-3-6-17/h1-10H,11-16H2,(H2,26,31)(H,28,32). The first-order chi connectivity index (χ1) is 16.6. The van der Waals surface area contributed by atoms with E-state index >= 15 is 0 Å². The van der Waals surface area contributed by atoms with Gasteiger partial charge in [0.25, 0.3) is 11.8 Å². The largest absolute Gasteiger partial charge is 0.455 e. The summed E-state index contributed by atoms with van der Waals surface area (Å²) < 4.78 is 11.2. The molecule has 1 saturated heterocycles.